The van der Waals surface area contributed by atoms with E-state index in [1.807, 2.05) is 0 Å². The molecule has 0 heterocycles. The molecular formula is C24H50O2Si. The van der Waals surface area contributed by atoms with Gasteiger partial charge in [0.25, 0.3) is 0 Å². The fraction of sp³-hybridized carbons (Fsp3) is 0.958. The second-order valence-corrected chi connectivity index (χ2v) is 11.2. The Hall–Kier alpha value is -0.313. The van der Waals surface area contributed by atoms with Crippen LogP contribution in [0.1, 0.15) is 130 Å². The average Bonchev–Trinajstić information content (AvgIpc) is 2.66. The van der Waals surface area contributed by atoms with Crippen molar-refractivity contribution in [2.24, 2.45) is 5.92 Å². The quantitative estimate of drug-likeness (QED) is 0.168. The van der Waals surface area contributed by atoms with Crippen molar-refractivity contribution in [3.05, 3.63) is 0 Å². The minimum Gasteiger partial charge on any atom is -0.481 e. The molecule has 0 aromatic carbocycles. The summed E-state index contributed by atoms with van der Waals surface area (Å²) in [7, 11) is -0.578. The maximum absolute atomic E-state index is 12.5. The van der Waals surface area contributed by atoms with Crippen LogP contribution in [-0.2, 0) is 4.79 Å². The van der Waals surface area contributed by atoms with Crippen LogP contribution in [0.15, 0.2) is 0 Å². The zero-order valence-corrected chi connectivity index (χ0v) is 20.6. The third-order valence-electron chi connectivity index (χ3n) is 6.56. The summed E-state index contributed by atoms with van der Waals surface area (Å²) in [6.07, 6.45) is 19.7. The lowest BCUT2D eigenvalue weighted by Gasteiger charge is -2.37. The summed E-state index contributed by atoms with van der Waals surface area (Å²) < 4.78 is 0. The molecule has 0 aliphatic carbocycles. The Labute approximate surface area is 173 Å². The van der Waals surface area contributed by atoms with E-state index in [1.165, 1.54) is 76.7 Å². The average molecular weight is 399 g/mol. The van der Waals surface area contributed by atoms with Crippen molar-refractivity contribution in [1.29, 1.82) is 0 Å². The highest BCUT2D eigenvalue weighted by atomic mass is 28.2. The molecule has 1 N–H and O–H groups in total. The van der Waals surface area contributed by atoms with Crippen LogP contribution in [0.5, 0.6) is 0 Å². The van der Waals surface area contributed by atoms with Crippen LogP contribution in [0.4, 0.5) is 0 Å². The van der Waals surface area contributed by atoms with Crippen molar-refractivity contribution in [3.8, 4) is 0 Å². The van der Waals surface area contributed by atoms with Gasteiger partial charge in [-0.15, -0.1) is 0 Å². The van der Waals surface area contributed by atoms with Gasteiger partial charge in [0.2, 0.25) is 0 Å². The molecule has 0 fully saturated rings. The van der Waals surface area contributed by atoms with Crippen LogP contribution >= 0.6 is 0 Å². The highest BCUT2D eigenvalue weighted by Gasteiger charge is 2.43. The molecule has 0 radical (unpaired) electrons. The van der Waals surface area contributed by atoms with Crippen LogP contribution in [0.3, 0.4) is 0 Å². The number of hydrogen-bond acceptors (Lipinski definition) is 1. The third kappa shape index (κ3) is 11.3. The molecule has 0 aromatic heterocycles. The predicted molar refractivity (Wildman–Crippen MR) is 124 cm³/mol. The van der Waals surface area contributed by atoms with Gasteiger partial charge in [0, 0.05) is 9.52 Å². The predicted octanol–water partition coefficient (Wildman–Crippen LogP) is 7.75. The largest absolute Gasteiger partial charge is 0.481 e. The Morgan fingerprint density at radius 3 is 1.78 bits per heavy atom. The van der Waals surface area contributed by atoms with Gasteiger partial charge in [-0.2, -0.15) is 0 Å². The summed E-state index contributed by atoms with van der Waals surface area (Å²) in [5.41, 5.74) is 0. The number of carbonyl (C=O) groups is 1. The summed E-state index contributed by atoms with van der Waals surface area (Å²) in [5.74, 6) is -0.0379. The molecule has 0 spiro atoms. The Bertz CT molecular complexity index is 345. The van der Waals surface area contributed by atoms with E-state index in [2.05, 4.69) is 27.7 Å². The molecule has 3 heteroatoms. The smallest absolute Gasteiger partial charge is 0.306 e. The van der Waals surface area contributed by atoms with Gasteiger partial charge in [-0.25, -0.2) is 0 Å². The van der Waals surface area contributed by atoms with Crippen molar-refractivity contribution in [3.63, 3.8) is 0 Å². The molecule has 2 atom stereocenters. The van der Waals surface area contributed by atoms with Crippen LogP contribution in [0, 0.1) is 5.92 Å². The van der Waals surface area contributed by atoms with Gasteiger partial charge >= 0.3 is 5.97 Å². The van der Waals surface area contributed by atoms with E-state index in [-0.39, 0.29) is 5.04 Å². The standard InChI is InChI=1S/C24H50O2Si/c1-5-9-11-13-15-17-19-22(8-4)24(23(25)26,27-21-7-3)20-18-16-14-12-10-6-2/h22H,5-21,27H2,1-4H3,(H,25,26). The van der Waals surface area contributed by atoms with Crippen LogP contribution in [0.2, 0.25) is 11.1 Å². The van der Waals surface area contributed by atoms with Gasteiger partial charge in [-0.1, -0.05) is 124 Å². The van der Waals surface area contributed by atoms with Gasteiger partial charge in [-0.3, -0.25) is 4.79 Å². The van der Waals surface area contributed by atoms with E-state index in [1.54, 1.807) is 0 Å². The first-order chi connectivity index (χ1) is 13.1. The molecular weight excluding hydrogens is 348 g/mol. The fourth-order valence-corrected chi connectivity index (χ4v) is 7.28. The first-order valence-corrected chi connectivity index (χ1v) is 14.0. The van der Waals surface area contributed by atoms with E-state index >= 15 is 0 Å². The molecule has 0 saturated carbocycles. The SMILES string of the molecule is CCCCCCCCC(CC)C(CCCCCCCC)([SiH2]CCC)C(=O)O. The lowest BCUT2D eigenvalue weighted by molar-refractivity contribution is -0.143. The Morgan fingerprint density at radius 1 is 0.778 bits per heavy atom. The number of aliphatic carboxylic acids is 1. The maximum atomic E-state index is 12.5. The summed E-state index contributed by atoms with van der Waals surface area (Å²) in [6, 6.07) is 1.19. The first-order valence-electron chi connectivity index (χ1n) is 12.3. The second kappa shape index (κ2) is 17.8. The Balaban J connectivity index is 4.75. The number of rotatable bonds is 20. The zero-order valence-electron chi connectivity index (χ0n) is 19.2. The molecule has 0 aliphatic rings. The van der Waals surface area contributed by atoms with Crippen molar-refractivity contribution in [2.45, 2.75) is 142 Å². The monoisotopic (exact) mass is 398 g/mol. The van der Waals surface area contributed by atoms with Crippen LogP contribution in [-0.4, -0.2) is 20.6 Å². The fourth-order valence-electron chi connectivity index (χ4n) is 4.68. The van der Waals surface area contributed by atoms with E-state index in [0.29, 0.717) is 5.92 Å². The van der Waals surface area contributed by atoms with Gasteiger partial charge < -0.3 is 5.11 Å². The van der Waals surface area contributed by atoms with Crippen molar-refractivity contribution in [1.82, 2.24) is 0 Å². The molecule has 0 bridgehead atoms. The van der Waals surface area contributed by atoms with Crippen molar-refractivity contribution < 1.29 is 9.90 Å². The second-order valence-electron chi connectivity index (χ2n) is 8.74. The summed E-state index contributed by atoms with van der Waals surface area (Å²) >= 11 is 0. The van der Waals surface area contributed by atoms with E-state index in [4.69, 9.17) is 0 Å². The molecule has 0 aromatic rings. The van der Waals surface area contributed by atoms with Gasteiger partial charge in [0.1, 0.15) is 0 Å². The van der Waals surface area contributed by atoms with Gasteiger partial charge in [0.05, 0.1) is 5.04 Å². The van der Waals surface area contributed by atoms with Crippen molar-refractivity contribution in [2.75, 3.05) is 0 Å². The molecule has 0 aliphatic heterocycles. The van der Waals surface area contributed by atoms with Gasteiger partial charge in [-0.05, 0) is 18.8 Å². The van der Waals surface area contributed by atoms with Gasteiger partial charge in [0.15, 0.2) is 0 Å². The minimum atomic E-state index is -0.578. The highest BCUT2D eigenvalue weighted by molar-refractivity contribution is 6.46. The van der Waals surface area contributed by atoms with E-state index in [0.717, 1.165) is 32.1 Å². The lowest BCUT2D eigenvalue weighted by Crippen LogP contribution is -2.37. The summed E-state index contributed by atoms with van der Waals surface area (Å²) in [5, 5.41) is 9.97. The summed E-state index contributed by atoms with van der Waals surface area (Å²) in [6.45, 7) is 8.97. The molecule has 0 saturated heterocycles. The lowest BCUT2D eigenvalue weighted by atomic mass is 9.81. The topological polar surface area (TPSA) is 37.3 Å². The molecule has 162 valence electrons. The molecule has 2 unspecified atom stereocenters. The maximum Gasteiger partial charge on any atom is 0.306 e. The summed E-state index contributed by atoms with van der Waals surface area (Å²) in [4.78, 5) is 12.5. The van der Waals surface area contributed by atoms with E-state index < -0.39 is 15.5 Å². The number of carboxylic acids is 1. The third-order valence-corrected chi connectivity index (χ3v) is 9.75. The number of hydrogen-bond donors (Lipinski definition) is 1. The Morgan fingerprint density at radius 2 is 1.30 bits per heavy atom. The highest BCUT2D eigenvalue weighted by Crippen LogP contribution is 2.46. The van der Waals surface area contributed by atoms with Crippen molar-refractivity contribution >= 4 is 15.5 Å². The molecule has 0 rings (SSSR count). The normalized spacial score (nSPS) is 15.3. The van der Waals surface area contributed by atoms with E-state index in [9.17, 15) is 9.90 Å². The minimum absolute atomic E-state index is 0.334. The number of carboxylic acid groups (broad SMARTS) is 1. The molecule has 0 amide bonds. The molecule has 27 heavy (non-hydrogen) atoms. The number of unbranched alkanes of at least 4 members (excludes halogenated alkanes) is 10. The molecule has 2 nitrogen and oxygen atoms in total. The Kier molecular flexibility index (Phi) is 17.6. The first kappa shape index (κ1) is 26.7. The van der Waals surface area contributed by atoms with Crippen LogP contribution < -0.4 is 0 Å². The van der Waals surface area contributed by atoms with Crippen LogP contribution in [0.25, 0.3) is 0 Å². The zero-order chi connectivity index (χ0) is 20.4.